The fourth-order valence-electron chi connectivity index (χ4n) is 2.82. The quantitative estimate of drug-likeness (QED) is 0.473. The van der Waals surface area contributed by atoms with Crippen molar-refractivity contribution in [1.29, 1.82) is 0 Å². The average molecular weight is 481 g/mol. The lowest BCUT2D eigenvalue weighted by Crippen LogP contribution is -2.41. The minimum Gasteiger partial charge on any atom is -0.492 e. The van der Waals surface area contributed by atoms with Crippen LogP contribution in [0.2, 0.25) is 5.15 Å². The molecule has 1 aliphatic rings. The van der Waals surface area contributed by atoms with Crippen LogP contribution in [0.15, 0.2) is 12.3 Å². The van der Waals surface area contributed by atoms with Gasteiger partial charge in [0.1, 0.15) is 10.9 Å². The predicted octanol–water partition coefficient (Wildman–Crippen LogP) is 5.05. The van der Waals surface area contributed by atoms with Gasteiger partial charge >= 0.3 is 6.09 Å². The fraction of sp³-hybridized carbons (Fsp3) is 0.667. The molecular weight excluding hydrogens is 455 g/mol. The lowest BCUT2D eigenvalue weighted by atomic mass is 9.83. The van der Waals surface area contributed by atoms with Gasteiger partial charge in [-0.05, 0) is 80.9 Å². The first-order valence-electron chi connectivity index (χ1n) is 8.62. The van der Waals surface area contributed by atoms with Crippen molar-refractivity contribution >= 4 is 40.3 Å². The molecule has 2 rings (SSSR count). The summed E-state index contributed by atoms with van der Waals surface area (Å²) in [6.45, 7) is 7.01. The third kappa shape index (κ3) is 7.56. The molecule has 25 heavy (non-hydrogen) atoms. The van der Waals surface area contributed by atoms with Crippen LogP contribution in [0, 0.1) is 15.4 Å². The minimum atomic E-state index is -0.331. The third-order valence-electron chi connectivity index (χ3n) is 4.15. The lowest BCUT2D eigenvalue weighted by Gasteiger charge is -2.28. The molecule has 1 aromatic rings. The van der Waals surface area contributed by atoms with E-state index in [1.807, 2.05) is 20.8 Å². The molecule has 0 saturated heterocycles. The van der Waals surface area contributed by atoms with E-state index in [1.54, 1.807) is 12.3 Å². The molecule has 0 spiro atoms. The summed E-state index contributed by atoms with van der Waals surface area (Å²) in [5.74, 6) is 1.77. The number of nitrogens with one attached hydrogen (secondary N) is 1. The highest BCUT2D eigenvalue weighted by Gasteiger charge is 2.24. The zero-order valence-corrected chi connectivity index (χ0v) is 17.9. The molecule has 1 saturated carbocycles. The number of alkyl carbamates (subject to hydrolysis) is 1. The largest absolute Gasteiger partial charge is 0.492 e. The van der Waals surface area contributed by atoms with Crippen molar-refractivity contribution in [1.82, 2.24) is 10.3 Å². The van der Waals surface area contributed by atoms with Gasteiger partial charge in [0, 0.05) is 17.8 Å². The van der Waals surface area contributed by atoms with Gasteiger partial charge in [0.05, 0.1) is 16.8 Å². The second kappa shape index (κ2) is 9.26. The molecule has 0 unspecified atom stereocenters. The smallest absolute Gasteiger partial charge is 0.407 e. The van der Waals surface area contributed by atoms with Crippen LogP contribution in [0.1, 0.15) is 46.5 Å². The van der Waals surface area contributed by atoms with Gasteiger partial charge < -0.3 is 14.8 Å². The van der Waals surface area contributed by atoms with E-state index in [-0.39, 0.29) is 11.6 Å². The number of halogens is 2. The molecule has 7 heteroatoms. The summed E-state index contributed by atoms with van der Waals surface area (Å²) in [5.41, 5.74) is -0.264. The molecule has 0 aliphatic heterocycles. The molecule has 0 radical (unpaired) electrons. The maximum Gasteiger partial charge on any atom is 0.407 e. The highest BCUT2D eigenvalue weighted by atomic mass is 127. The standard InChI is InChI=1S/C18H26ClIN2O3/c1-18(2,3)22-17(23)25-11-13-6-4-12(5-7-13)10-24-15-8-16(19)21-9-14(15)20/h8-9,12-13H,4-7,10-11H2,1-3H3,(H,22,23). The molecule has 1 aliphatic carbocycles. The van der Waals surface area contributed by atoms with Gasteiger partial charge in [0.2, 0.25) is 0 Å². The van der Waals surface area contributed by atoms with Crippen LogP contribution in [-0.2, 0) is 4.74 Å². The summed E-state index contributed by atoms with van der Waals surface area (Å²) < 4.78 is 12.2. The van der Waals surface area contributed by atoms with Gasteiger partial charge in [-0.1, -0.05) is 11.6 Å². The van der Waals surface area contributed by atoms with Crippen LogP contribution < -0.4 is 10.1 Å². The summed E-state index contributed by atoms with van der Waals surface area (Å²) in [7, 11) is 0. The number of ether oxygens (including phenoxy) is 2. The monoisotopic (exact) mass is 480 g/mol. The third-order valence-corrected chi connectivity index (χ3v) is 5.17. The zero-order valence-electron chi connectivity index (χ0n) is 15.0. The summed E-state index contributed by atoms with van der Waals surface area (Å²) in [6.07, 6.45) is 5.68. The summed E-state index contributed by atoms with van der Waals surface area (Å²) in [6, 6.07) is 1.76. The first kappa shape index (κ1) is 20.6. The number of hydrogen-bond donors (Lipinski definition) is 1. The number of rotatable bonds is 5. The normalized spacial score (nSPS) is 20.8. The van der Waals surface area contributed by atoms with Crippen molar-refractivity contribution in [2.24, 2.45) is 11.8 Å². The number of hydrogen-bond acceptors (Lipinski definition) is 4. The Morgan fingerprint density at radius 3 is 2.48 bits per heavy atom. The topological polar surface area (TPSA) is 60.5 Å². The van der Waals surface area contributed by atoms with E-state index in [1.165, 1.54) is 0 Å². The number of carbonyl (C=O) groups excluding carboxylic acids is 1. The highest BCUT2D eigenvalue weighted by Crippen LogP contribution is 2.30. The molecule has 1 heterocycles. The van der Waals surface area contributed by atoms with Crippen LogP contribution in [-0.4, -0.2) is 29.8 Å². The van der Waals surface area contributed by atoms with Crippen molar-refractivity contribution in [2.75, 3.05) is 13.2 Å². The molecule has 1 amide bonds. The van der Waals surface area contributed by atoms with Crippen LogP contribution in [0.25, 0.3) is 0 Å². The number of nitrogens with zero attached hydrogens (tertiary/aromatic N) is 1. The first-order valence-corrected chi connectivity index (χ1v) is 10.1. The number of pyridine rings is 1. The molecule has 5 nitrogen and oxygen atoms in total. The molecule has 1 fully saturated rings. The predicted molar refractivity (Wildman–Crippen MR) is 107 cm³/mol. The van der Waals surface area contributed by atoms with E-state index < -0.39 is 0 Å². The SMILES string of the molecule is CC(C)(C)NC(=O)OCC1CCC(COc2cc(Cl)ncc2I)CC1. The molecule has 1 aromatic heterocycles. The zero-order chi connectivity index (χ0) is 18.4. The van der Waals surface area contributed by atoms with E-state index in [4.69, 9.17) is 21.1 Å². The van der Waals surface area contributed by atoms with Crippen molar-refractivity contribution in [3.8, 4) is 5.75 Å². The molecule has 0 atom stereocenters. The van der Waals surface area contributed by atoms with E-state index in [2.05, 4.69) is 32.9 Å². The van der Waals surface area contributed by atoms with Crippen molar-refractivity contribution in [3.05, 3.63) is 21.0 Å². The number of amides is 1. The molecular formula is C18H26ClIN2O3. The van der Waals surface area contributed by atoms with Gasteiger partial charge in [-0.2, -0.15) is 0 Å². The second-order valence-electron chi connectivity index (χ2n) is 7.61. The van der Waals surface area contributed by atoms with Crippen molar-refractivity contribution < 1.29 is 14.3 Å². The van der Waals surface area contributed by atoms with Gasteiger partial charge in [0.15, 0.2) is 0 Å². The summed E-state index contributed by atoms with van der Waals surface area (Å²) >= 11 is 8.12. The van der Waals surface area contributed by atoms with Crippen LogP contribution in [0.4, 0.5) is 4.79 Å². The Morgan fingerprint density at radius 1 is 1.28 bits per heavy atom. The van der Waals surface area contributed by atoms with Gasteiger partial charge in [-0.15, -0.1) is 0 Å². The van der Waals surface area contributed by atoms with E-state index in [0.717, 1.165) is 35.0 Å². The highest BCUT2D eigenvalue weighted by molar-refractivity contribution is 14.1. The Kier molecular flexibility index (Phi) is 7.61. The Balaban J connectivity index is 1.68. The van der Waals surface area contributed by atoms with Crippen LogP contribution in [0.3, 0.4) is 0 Å². The van der Waals surface area contributed by atoms with Gasteiger partial charge in [0.25, 0.3) is 0 Å². The van der Waals surface area contributed by atoms with Gasteiger partial charge in [-0.25, -0.2) is 9.78 Å². The summed E-state index contributed by atoms with van der Waals surface area (Å²) in [4.78, 5) is 15.7. The van der Waals surface area contributed by atoms with Gasteiger partial charge in [-0.3, -0.25) is 0 Å². The first-order chi connectivity index (χ1) is 11.7. The van der Waals surface area contributed by atoms with E-state index in [9.17, 15) is 4.79 Å². The van der Waals surface area contributed by atoms with Crippen LogP contribution >= 0.6 is 34.2 Å². The summed E-state index contributed by atoms with van der Waals surface area (Å²) in [5, 5.41) is 3.27. The van der Waals surface area contributed by atoms with E-state index in [0.29, 0.717) is 30.2 Å². The average Bonchev–Trinajstić information content (AvgIpc) is 2.53. The van der Waals surface area contributed by atoms with Crippen LogP contribution in [0.5, 0.6) is 5.75 Å². The Hall–Kier alpha value is -0.760. The number of aromatic nitrogens is 1. The number of carbonyl (C=O) groups is 1. The fourth-order valence-corrected chi connectivity index (χ4v) is 3.41. The van der Waals surface area contributed by atoms with Crippen molar-refractivity contribution in [2.45, 2.75) is 52.0 Å². The Labute approximate surface area is 168 Å². The molecule has 0 aromatic carbocycles. The molecule has 140 valence electrons. The Morgan fingerprint density at radius 2 is 1.88 bits per heavy atom. The molecule has 0 bridgehead atoms. The second-order valence-corrected chi connectivity index (χ2v) is 9.16. The van der Waals surface area contributed by atoms with E-state index >= 15 is 0 Å². The maximum absolute atomic E-state index is 11.7. The molecule has 1 N–H and O–H groups in total. The van der Waals surface area contributed by atoms with Crippen molar-refractivity contribution in [3.63, 3.8) is 0 Å². The lowest BCUT2D eigenvalue weighted by molar-refractivity contribution is 0.0960. The Bertz CT molecular complexity index is 584. The minimum absolute atomic E-state index is 0.264. The maximum atomic E-state index is 11.7.